The maximum Gasteiger partial charge on any atom is 0.161 e. The summed E-state index contributed by atoms with van der Waals surface area (Å²) in [5, 5.41) is 1.93. The first-order chi connectivity index (χ1) is 8.73. The van der Waals surface area contributed by atoms with Gasteiger partial charge in [-0.3, -0.25) is 0 Å². The standard InChI is InChI=1S/C14H16O4/c1-15-10-5-9-6-13(17-3)14(18-4)8-11(9)12(7-10)16-2/h5-8H,1-4H3. The number of ether oxygens (including phenoxy) is 4. The average Bonchev–Trinajstić information content (AvgIpc) is 2.44. The van der Waals surface area contributed by atoms with Gasteiger partial charge in [-0.15, -0.1) is 0 Å². The molecule has 0 N–H and O–H groups in total. The maximum absolute atomic E-state index is 5.37. The molecule has 2 aromatic rings. The van der Waals surface area contributed by atoms with Crippen LogP contribution in [-0.2, 0) is 0 Å². The van der Waals surface area contributed by atoms with Crippen LogP contribution in [0.15, 0.2) is 24.3 Å². The van der Waals surface area contributed by atoms with Crippen molar-refractivity contribution in [3.63, 3.8) is 0 Å². The fourth-order valence-electron chi connectivity index (χ4n) is 1.92. The first kappa shape index (κ1) is 12.4. The summed E-state index contributed by atoms with van der Waals surface area (Å²) in [5.74, 6) is 2.84. The fraction of sp³-hybridized carbons (Fsp3) is 0.286. The highest BCUT2D eigenvalue weighted by Gasteiger charge is 2.11. The molecule has 0 atom stereocenters. The topological polar surface area (TPSA) is 36.9 Å². The van der Waals surface area contributed by atoms with Crippen LogP contribution < -0.4 is 18.9 Å². The lowest BCUT2D eigenvalue weighted by Gasteiger charge is -2.12. The van der Waals surface area contributed by atoms with E-state index < -0.39 is 0 Å². The molecule has 2 rings (SSSR count). The van der Waals surface area contributed by atoms with Gasteiger partial charge in [0.2, 0.25) is 0 Å². The van der Waals surface area contributed by atoms with E-state index in [1.165, 1.54) is 0 Å². The Balaban J connectivity index is 2.74. The van der Waals surface area contributed by atoms with E-state index in [9.17, 15) is 0 Å². The van der Waals surface area contributed by atoms with Crippen LogP contribution in [0, 0.1) is 0 Å². The first-order valence-electron chi connectivity index (χ1n) is 5.51. The number of rotatable bonds is 4. The number of hydrogen-bond acceptors (Lipinski definition) is 4. The zero-order valence-corrected chi connectivity index (χ0v) is 10.9. The first-order valence-corrected chi connectivity index (χ1v) is 5.51. The van der Waals surface area contributed by atoms with E-state index in [1.807, 2.05) is 24.3 Å². The van der Waals surface area contributed by atoms with Crippen LogP contribution in [0.4, 0.5) is 0 Å². The lowest BCUT2D eigenvalue weighted by molar-refractivity contribution is 0.355. The highest BCUT2D eigenvalue weighted by molar-refractivity contribution is 5.92. The van der Waals surface area contributed by atoms with Gasteiger partial charge in [0, 0.05) is 11.5 Å². The number of fused-ring (bicyclic) bond motifs is 1. The zero-order valence-electron chi connectivity index (χ0n) is 10.9. The number of methoxy groups -OCH3 is 4. The molecule has 2 aromatic carbocycles. The van der Waals surface area contributed by atoms with Crippen molar-refractivity contribution in [3.05, 3.63) is 24.3 Å². The Morgan fingerprint density at radius 3 is 1.78 bits per heavy atom. The van der Waals surface area contributed by atoms with Gasteiger partial charge in [0.1, 0.15) is 11.5 Å². The van der Waals surface area contributed by atoms with Crippen LogP contribution in [0.2, 0.25) is 0 Å². The molecule has 4 nitrogen and oxygen atoms in total. The van der Waals surface area contributed by atoms with Crippen molar-refractivity contribution in [1.29, 1.82) is 0 Å². The SMILES string of the molecule is COc1cc(OC)c2cc(OC)c(OC)cc2c1. The third kappa shape index (κ3) is 2.01. The van der Waals surface area contributed by atoms with Gasteiger partial charge in [-0.2, -0.15) is 0 Å². The summed E-state index contributed by atoms with van der Waals surface area (Å²) in [6.45, 7) is 0. The third-order valence-electron chi connectivity index (χ3n) is 2.85. The molecule has 0 saturated carbocycles. The predicted octanol–water partition coefficient (Wildman–Crippen LogP) is 2.87. The van der Waals surface area contributed by atoms with Crippen LogP contribution in [0.5, 0.6) is 23.0 Å². The van der Waals surface area contributed by atoms with Crippen molar-refractivity contribution in [2.75, 3.05) is 28.4 Å². The highest BCUT2D eigenvalue weighted by atomic mass is 16.5. The largest absolute Gasteiger partial charge is 0.497 e. The lowest BCUT2D eigenvalue weighted by Crippen LogP contribution is -1.93. The molecule has 96 valence electrons. The minimum absolute atomic E-state index is 0.675. The maximum atomic E-state index is 5.37. The monoisotopic (exact) mass is 248 g/mol. The van der Waals surface area contributed by atoms with Gasteiger partial charge in [0.05, 0.1) is 28.4 Å². The summed E-state index contributed by atoms with van der Waals surface area (Å²) in [7, 11) is 6.48. The molecule has 0 aliphatic carbocycles. The molecule has 18 heavy (non-hydrogen) atoms. The van der Waals surface area contributed by atoms with Crippen LogP contribution in [-0.4, -0.2) is 28.4 Å². The Hall–Kier alpha value is -2.10. The number of benzene rings is 2. The molecule has 0 radical (unpaired) electrons. The van der Waals surface area contributed by atoms with Crippen molar-refractivity contribution >= 4 is 10.8 Å². The predicted molar refractivity (Wildman–Crippen MR) is 70.2 cm³/mol. The second-order valence-corrected chi connectivity index (χ2v) is 3.76. The molecule has 0 aliphatic rings. The quantitative estimate of drug-likeness (QED) is 0.833. The molecule has 0 saturated heterocycles. The minimum atomic E-state index is 0.675. The summed E-state index contributed by atoms with van der Waals surface area (Å²) in [4.78, 5) is 0. The van der Waals surface area contributed by atoms with Gasteiger partial charge < -0.3 is 18.9 Å². The van der Waals surface area contributed by atoms with E-state index in [0.717, 1.165) is 22.3 Å². The van der Waals surface area contributed by atoms with Crippen molar-refractivity contribution in [2.24, 2.45) is 0 Å². The zero-order chi connectivity index (χ0) is 13.1. The van der Waals surface area contributed by atoms with Crippen molar-refractivity contribution in [1.82, 2.24) is 0 Å². The Bertz CT molecular complexity index is 563. The molecule has 0 fully saturated rings. The van der Waals surface area contributed by atoms with Crippen LogP contribution in [0.25, 0.3) is 10.8 Å². The third-order valence-corrected chi connectivity index (χ3v) is 2.85. The molecule has 0 heterocycles. The fourth-order valence-corrected chi connectivity index (χ4v) is 1.92. The van der Waals surface area contributed by atoms with Crippen molar-refractivity contribution in [3.8, 4) is 23.0 Å². The molecule has 0 aliphatic heterocycles. The van der Waals surface area contributed by atoms with Crippen LogP contribution in [0.3, 0.4) is 0 Å². The Morgan fingerprint density at radius 1 is 0.611 bits per heavy atom. The normalized spacial score (nSPS) is 10.2. The molecule has 0 unspecified atom stereocenters. The van der Waals surface area contributed by atoms with E-state index in [2.05, 4.69) is 0 Å². The summed E-state index contributed by atoms with van der Waals surface area (Å²) < 4.78 is 21.2. The molecular weight excluding hydrogens is 232 g/mol. The molecule has 0 spiro atoms. The summed E-state index contributed by atoms with van der Waals surface area (Å²) in [6.07, 6.45) is 0. The van der Waals surface area contributed by atoms with E-state index >= 15 is 0 Å². The molecule has 4 heteroatoms. The van der Waals surface area contributed by atoms with E-state index in [1.54, 1.807) is 28.4 Å². The van der Waals surface area contributed by atoms with Gasteiger partial charge >= 0.3 is 0 Å². The van der Waals surface area contributed by atoms with Crippen LogP contribution >= 0.6 is 0 Å². The summed E-state index contributed by atoms with van der Waals surface area (Å²) in [5.41, 5.74) is 0. The second kappa shape index (κ2) is 5.04. The van der Waals surface area contributed by atoms with E-state index in [-0.39, 0.29) is 0 Å². The van der Waals surface area contributed by atoms with E-state index in [4.69, 9.17) is 18.9 Å². The molecule has 0 bridgehead atoms. The molecule has 0 aromatic heterocycles. The Kier molecular flexibility index (Phi) is 3.46. The smallest absolute Gasteiger partial charge is 0.161 e. The van der Waals surface area contributed by atoms with Crippen molar-refractivity contribution < 1.29 is 18.9 Å². The molecule has 0 amide bonds. The lowest BCUT2D eigenvalue weighted by atomic mass is 10.1. The Morgan fingerprint density at radius 2 is 1.22 bits per heavy atom. The van der Waals surface area contributed by atoms with Gasteiger partial charge in [-0.25, -0.2) is 0 Å². The summed E-state index contributed by atoms with van der Waals surface area (Å²) in [6, 6.07) is 7.57. The van der Waals surface area contributed by atoms with E-state index in [0.29, 0.717) is 11.5 Å². The van der Waals surface area contributed by atoms with Crippen molar-refractivity contribution in [2.45, 2.75) is 0 Å². The van der Waals surface area contributed by atoms with Gasteiger partial charge in [0.15, 0.2) is 11.5 Å². The Labute approximate surface area is 106 Å². The van der Waals surface area contributed by atoms with Gasteiger partial charge in [0.25, 0.3) is 0 Å². The highest BCUT2D eigenvalue weighted by Crippen LogP contribution is 2.38. The summed E-state index contributed by atoms with van der Waals surface area (Å²) >= 11 is 0. The number of hydrogen-bond donors (Lipinski definition) is 0. The van der Waals surface area contributed by atoms with Gasteiger partial charge in [-0.1, -0.05) is 0 Å². The average molecular weight is 248 g/mol. The second-order valence-electron chi connectivity index (χ2n) is 3.76. The minimum Gasteiger partial charge on any atom is -0.497 e. The molecular formula is C14H16O4. The van der Waals surface area contributed by atoms with Crippen LogP contribution in [0.1, 0.15) is 0 Å². The van der Waals surface area contributed by atoms with Gasteiger partial charge in [-0.05, 0) is 23.6 Å².